The maximum atomic E-state index is 12.4. The average molecular weight is 734 g/mol. The summed E-state index contributed by atoms with van der Waals surface area (Å²) in [6.45, 7) is 0. The van der Waals surface area contributed by atoms with Crippen molar-refractivity contribution in [2.45, 2.75) is 0 Å². The second kappa shape index (κ2) is 16.2. The zero-order valence-electron chi connectivity index (χ0n) is 24.3. The molecule has 5 rings (SSSR count). The summed E-state index contributed by atoms with van der Waals surface area (Å²) in [6, 6.07) is 36.9. The van der Waals surface area contributed by atoms with Crippen LogP contribution in [0.15, 0.2) is 152 Å². The van der Waals surface area contributed by atoms with Gasteiger partial charge in [-0.15, -0.1) is 0 Å². The molecule has 8 heteroatoms. The summed E-state index contributed by atoms with van der Waals surface area (Å²) in [4.78, 5) is 34.0. The van der Waals surface area contributed by atoms with Crippen LogP contribution in [0.5, 0.6) is 11.5 Å². The van der Waals surface area contributed by atoms with Crippen molar-refractivity contribution in [1.29, 1.82) is 0 Å². The van der Waals surface area contributed by atoms with E-state index in [0.717, 1.165) is 20.1 Å². The van der Waals surface area contributed by atoms with E-state index in [1.165, 1.54) is 12.2 Å². The van der Waals surface area contributed by atoms with Gasteiger partial charge in [-0.3, -0.25) is 9.98 Å². The third-order valence-electron chi connectivity index (χ3n) is 6.38. The van der Waals surface area contributed by atoms with Crippen LogP contribution in [0.2, 0.25) is 0 Å². The molecule has 0 aliphatic carbocycles. The van der Waals surface area contributed by atoms with Crippen LogP contribution in [0.25, 0.3) is 12.2 Å². The first-order chi connectivity index (χ1) is 22.4. The molecule has 0 amide bonds. The minimum Gasteiger partial charge on any atom is -0.423 e. The van der Waals surface area contributed by atoms with Crippen molar-refractivity contribution in [2.75, 3.05) is 0 Å². The molecule has 226 valence electrons. The molecular formula is C38H26Br2N2O4. The van der Waals surface area contributed by atoms with Gasteiger partial charge in [0.05, 0.1) is 11.4 Å². The Morgan fingerprint density at radius 1 is 0.500 bits per heavy atom. The SMILES string of the molecule is O=C(C=Cc1ccc(Br)cc1)Oc1ccccc1C=Nc1ccc(N=Cc2ccccc2OC(=O)C=Cc2ccc(Br)cc2)cc1. The maximum Gasteiger partial charge on any atom is 0.336 e. The molecule has 0 bridgehead atoms. The number of carbonyl (C=O) groups is 2. The summed E-state index contributed by atoms with van der Waals surface area (Å²) < 4.78 is 13.1. The molecule has 0 spiro atoms. The number of aliphatic imine (C=N–C) groups is 2. The van der Waals surface area contributed by atoms with E-state index >= 15 is 0 Å². The van der Waals surface area contributed by atoms with E-state index in [1.807, 2.05) is 97.1 Å². The van der Waals surface area contributed by atoms with Crippen molar-refractivity contribution >= 4 is 79.8 Å². The van der Waals surface area contributed by atoms with Gasteiger partial charge < -0.3 is 9.47 Å². The summed E-state index contributed by atoms with van der Waals surface area (Å²) in [6.07, 6.45) is 9.47. The number of hydrogen-bond donors (Lipinski definition) is 0. The second-order valence-electron chi connectivity index (χ2n) is 9.72. The summed E-state index contributed by atoms with van der Waals surface area (Å²) >= 11 is 6.79. The van der Waals surface area contributed by atoms with Gasteiger partial charge in [-0.1, -0.05) is 80.4 Å². The van der Waals surface area contributed by atoms with E-state index in [-0.39, 0.29) is 0 Å². The molecule has 5 aromatic carbocycles. The van der Waals surface area contributed by atoms with Crippen LogP contribution in [0.1, 0.15) is 22.3 Å². The smallest absolute Gasteiger partial charge is 0.336 e. The normalized spacial score (nSPS) is 11.5. The third kappa shape index (κ3) is 9.92. The van der Waals surface area contributed by atoms with Crippen molar-refractivity contribution in [3.8, 4) is 11.5 Å². The van der Waals surface area contributed by atoms with E-state index in [1.54, 1.807) is 48.8 Å². The molecule has 46 heavy (non-hydrogen) atoms. The fourth-order valence-electron chi connectivity index (χ4n) is 4.03. The highest BCUT2D eigenvalue weighted by Crippen LogP contribution is 2.23. The number of rotatable bonds is 10. The summed E-state index contributed by atoms with van der Waals surface area (Å²) in [5.74, 6) is -0.166. The predicted octanol–water partition coefficient (Wildman–Crippen LogP) is 9.95. The zero-order chi connectivity index (χ0) is 32.1. The Morgan fingerprint density at radius 3 is 1.26 bits per heavy atom. The van der Waals surface area contributed by atoms with Gasteiger partial charge in [0, 0.05) is 44.7 Å². The molecule has 0 aromatic heterocycles. The number of halogens is 2. The molecule has 6 nitrogen and oxygen atoms in total. The Hall–Kier alpha value is -5.18. The lowest BCUT2D eigenvalue weighted by molar-refractivity contribution is -0.129. The maximum absolute atomic E-state index is 12.4. The molecule has 0 saturated heterocycles. The minimum atomic E-state index is -0.487. The molecule has 0 aliphatic heterocycles. The van der Waals surface area contributed by atoms with E-state index in [4.69, 9.17) is 9.47 Å². The van der Waals surface area contributed by atoms with Crippen LogP contribution in [0.4, 0.5) is 11.4 Å². The molecule has 0 heterocycles. The predicted molar refractivity (Wildman–Crippen MR) is 191 cm³/mol. The van der Waals surface area contributed by atoms with Gasteiger partial charge in [0.25, 0.3) is 0 Å². The highest BCUT2D eigenvalue weighted by Gasteiger charge is 2.07. The van der Waals surface area contributed by atoms with Crippen molar-refractivity contribution in [3.05, 3.63) is 165 Å². The quantitative estimate of drug-likeness (QED) is 0.0620. The van der Waals surface area contributed by atoms with Crippen LogP contribution in [-0.4, -0.2) is 24.4 Å². The third-order valence-corrected chi connectivity index (χ3v) is 7.44. The van der Waals surface area contributed by atoms with Crippen molar-refractivity contribution in [3.63, 3.8) is 0 Å². The largest absolute Gasteiger partial charge is 0.423 e. The lowest BCUT2D eigenvalue weighted by Gasteiger charge is -2.05. The Balaban J connectivity index is 1.19. The molecule has 0 radical (unpaired) electrons. The fourth-order valence-corrected chi connectivity index (χ4v) is 4.56. The Labute approximate surface area is 283 Å². The highest BCUT2D eigenvalue weighted by atomic mass is 79.9. The number of esters is 2. The highest BCUT2D eigenvalue weighted by molar-refractivity contribution is 9.10. The van der Waals surface area contributed by atoms with Crippen LogP contribution in [0, 0.1) is 0 Å². The van der Waals surface area contributed by atoms with Crippen molar-refractivity contribution < 1.29 is 19.1 Å². The van der Waals surface area contributed by atoms with Gasteiger partial charge in [0.15, 0.2) is 0 Å². The monoisotopic (exact) mass is 732 g/mol. The first kappa shape index (κ1) is 32.2. The Bertz CT molecular complexity index is 1790. The van der Waals surface area contributed by atoms with E-state index in [0.29, 0.717) is 34.0 Å². The fraction of sp³-hybridized carbons (Fsp3) is 0. The molecule has 0 aliphatic rings. The first-order valence-electron chi connectivity index (χ1n) is 14.1. The van der Waals surface area contributed by atoms with Crippen LogP contribution >= 0.6 is 31.9 Å². The molecule has 0 unspecified atom stereocenters. The van der Waals surface area contributed by atoms with Crippen LogP contribution in [0.3, 0.4) is 0 Å². The van der Waals surface area contributed by atoms with E-state index < -0.39 is 11.9 Å². The Morgan fingerprint density at radius 2 is 0.870 bits per heavy atom. The van der Waals surface area contributed by atoms with Crippen LogP contribution < -0.4 is 9.47 Å². The molecule has 5 aromatic rings. The average Bonchev–Trinajstić information content (AvgIpc) is 3.07. The molecule has 0 N–H and O–H groups in total. The Kier molecular flexibility index (Phi) is 11.4. The van der Waals surface area contributed by atoms with E-state index in [9.17, 15) is 9.59 Å². The second-order valence-corrected chi connectivity index (χ2v) is 11.6. The summed E-state index contributed by atoms with van der Waals surface area (Å²) in [7, 11) is 0. The summed E-state index contributed by atoms with van der Waals surface area (Å²) in [5.41, 5.74) is 4.48. The van der Waals surface area contributed by atoms with Gasteiger partial charge in [-0.05, 0) is 96.1 Å². The molecular weight excluding hydrogens is 708 g/mol. The minimum absolute atomic E-state index is 0.404. The first-order valence-corrected chi connectivity index (χ1v) is 15.7. The summed E-state index contributed by atoms with van der Waals surface area (Å²) in [5, 5.41) is 0. The molecule has 0 fully saturated rings. The zero-order valence-corrected chi connectivity index (χ0v) is 27.5. The van der Waals surface area contributed by atoms with Gasteiger partial charge in [-0.2, -0.15) is 0 Å². The number of nitrogens with zero attached hydrogens (tertiary/aromatic N) is 2. The van der Waals surface area contributed by atoms with Crippen LogP contribution in [-0.2, 0) is 9.59 Å². The standard InChI is InChI=1S/C38H26Br2N2O4/c39-31-15-9-27(10-16-31)13-23-37(43)45-35-7-3-1-5-29(35)25-41-33-19-21-34(22-20-33)42-26-30-6-2-4-8-36(30)46-38(44)24-14-28-11-17-32(40)18-12-28/h1-26H. The number of ether oxygens (including phenoxy) is 2. The number of para-hydroxylation sites is 2. The van der Waals surface area contributed by atoms with E-state index in [2.05, 4.69) is 41.8 Å². The number of benzene rings is 5. The van der Waals surface area contributed by atoms with Crippen molar-refractivity contribution in [2.24, 2.45) is 9.98 Å². The molecule has 0 saturated carbocycles. The molecule has 0 atom stereocenters. The van der Waals surface area contributed by atoms with Gasteiger partial charge in [-0.25, -0.2) is 9.59 Å². The lowest BCUT2D eigenvalue weighted by Crippen LogP contribution is -2.05. The van der Waals surface area contributed by atoms with Gasteiger partial charge >= 0.3 is 11.9 Å². The number of carbonyl (C=O) groups excluding carboxylic acids is 2. The van der Waals surface area contributed by atoms with Crippen molar-refractivity contribution in [1.82, 2.24) is 0 Å². The topological polar surface area (TPSA) is 77.3 Å². The van der Waals surface area contributed by atoms with Gasteiger partial charge in [0.2, 0.25) is 0 Å². The number of hydrogen-bond acceptors (Lipinski definition) is 6. The lowest BCUT2D eigenvalue weighted by atomic mass is 10.2. The van der Waals surface area contributed by atoms with Gasteiger partial charge in [0.1, 0.15) is 11.5 Å².